The largest absolute Gasteiger partial charge is 0.497 e. The maximum atomic E-state index is 12.5. The molecule has 39 heavy (non-hydrogen) atoms. The van der Waals surface area contributed by atoms with Crippen molar-refractivity contribution in [2.24, 2.45) is 5.10 Å². The number of para-hydroxylation sites is 1. The number of anilines is 2. The molecule has 0 atom stereocenters. The highest BCUT2D eigenvalue weighted by Crippen LogP contribution is 2.26. The molecule has 0 unspecified atom stereocenters. The van der Waals surface area contributed by atoms with Crippen LogP contribution in [0.1, 0.15) is 11.1 Å². The zero-order valence-corrected chi connectivity index (χ0v) is 22.7. The lowest BCUT2D eigenvalue weighted by molar-refractivity contribution is -0.113. The van der Waals surface area contributed by atoms with E-state index in [9.17, 15) is 4.79 Å². The number of hydrogen-bond donors (Lipinski definition) is 3. The third-order valence-corrected chi connectivity index (χ3v) is 6.57. The number of halogens is 1. The SMILES string of the molecule is COc1cc(NC(=O)CSc2nnc(N/N=C/c3ccccc3OCc3ccccc3Cl)n2N)cc(OC)c1. The zero-order chi connectivity index (χ0) is 27.6. The van der Waals surface area contributed by atoms with E-state index < -0.39 is 0 Å². The summed E-state index contributed by atoms with van der Waals surface area (Å²) in [5.41, 5.74) is 4.91. The Kier molecular flexibility index (Phi) is 9.48. The molecule has 13 heteroatoms. The summed E-state index contributed by atoms with van der Waals surface area (Å²) < 4.78 is 17.6. The molecule has 0 spiro atoms. The van der Waals surface area contributed by atoms with Gasteiger partial charge in [-0.2, -0.15) is 5.10 Å². The smallest absolute Gasteiger partial charge is 0.264 e. The number of nitrogens with one attached hydrogen (secondary N) is 2. The number of carbonyl (C=O) groups excluding carboxylic acids is 1. The van der Waals surface area contributed by atoms with Gasteiger partial charge < -0.3 is 25.4 Å². The molecule has 1 aromatic heterocycles. The van der Waals surface area contributed by atoms with Crippen molar-refractivity contribution in [1.82, 2.24) is 14.9 Å². The standard InChI is InChI=1S/C26H26ClN7O4S/c1-36-20-11-19(12-21(13-20)37-2)30-24(35)16-39-26-33-32-25(34(26)28)31-29-14-17-7-4-6-10-23(17)38-15-18-8-3-5-9-22(18)27/h3-14H,15-16,28H2,1-2H3,(H,30,35)(H,31,32)/b29-14+. The lowest BCUT2D eigenvalue weighted by Crippen LogP contribution is -2.17. The molecule has 0 radical (unpaired) electrons. The Morgan fingerprint density at radius 2 is 1.79 bits per heavy atom. The van der Waals surface area contributed by atoms with Crippen molar-refractivity contribution in [3.63, 3.8) is 0 Å². The monoisotopic (exact) mass is 567 g/mol. The fraction of sp³-hybridized carbons (Fsp3) is 0.154. The molecule has 0 fully saturated rings. The Morgan fingerprint density at radius 1 is 1.08 bits per heavy atom. The van der Waals surface area contributed by atoms with E-state index in [-0.39, 0.29) is 17.6 Å². The molecule has 0 aliphatic carbocycles. The van der Waals surface area contributed by atoms with Crippen molar-refractivity contribution in [2.45, 2.75) is 11.8 Å². The number of thioether (sulfide) groups is 1. The van der Waals surface area contributed by atoms with Crippen LogP contribution in [0.3, 0.4) is 0 Å². The van der Waals surface area contributed by atoms with Crippen molar-refractivity contribution in [3.8, 4) is 17.2 Å². The summed E-state index contributed by atoms with van der Waals surface area (Å²) in [5, 5.41) is 16.0. The number of hydrazone groups is 1. The van der Waals surface area contributed by atoms with E-state index >= 15 is 0 Å². The molecule has 4 N–H and O–H groups in total. The quantitative estimate of drug-likeness (QED) is 0.0982. The van der Waals surface area contributed by atoms with Gasteiger partial charge in [-0.25, -0.2) is 10.1 Å². The number of methoxy groups -OCH3 is 2. The fourth-order valence-corrected chi connectivity index (χ4v) is 4.15. The second kappa shape index (κ2) is 13.4. The van der Waals surface area contributed by atoms with Crippen molar-refractivity contribution in [2.75, 3.05) is 36.6 Å². The molecule has 0 saturated carbocycles. The normalized spacial score (nSPS) is 10.8. The molecule has 11 nitrogen and oxygen atoms in total. The molecule has 4 rings (SSSR count). The number of benzene rings is 3. The van der Waals surface area contributed by atoms with Gasteiger partial charge in [0.25, 0.3) is 5.95 Å². The first kappa shape index (κ1) is 27.6. The Labute approximate surface area is 234 Å². The van der Waals surface area contributed by atoms with Gasteiger partial charge in [-0.1, -0.05) is 53.7 Å². The van der Waals surface area contributed by atoms with Gasteiger partial charge in [-0.05, 0) is 18.2 Å². The highest BCUT2D eigenvalue weighted by Gasteiger charge is 2.13. The van der Waals surface area contributed by atoms with Crippen LogP contribution in [-0.2, 0) is 11.4 Å². The van der Waals surface area contributed by atoms with Crippen LogP contribution in [0.25, 0.3) is 0 Å². The predicted molar refractivity (Wildman–Crippen MR) is 153 cm³/mol. The maximum absolute atomic E-state index is 12.5. The predicted octanol–water partition coefficient (Wildman–Crippen LogP) is 4.42. The number of hydrogen-bond acceptors (Lipinski definition) is 10. The number of carbonyl (C=O) groups is 1. The van der Waals surface area contributed by atoms with E-state index in [4.69, 9.17) is 31.7 Å². The molecular formula is C26H26ClN7O4S. The Balaban J connectivity index is 1.32. The average molecular weight is 568 g/mol. The van der Waals surface area contributed by atoms with Crippen LogP contribution >= 0.6 is 23.4 Å². The molecule has 1 amide bonds. The molecule has 1 heterocycles. The molecule has 0 bridgehead atoms. The first-order valence-electron chi connectivity index (χ1n) is 11.6. The van der Waals surface area contributed by atoms with Crippen LogP contribution in [0, 0.1) is 0 Å². The fourth-order valence-electron chi connectivity index (χ4n) is 3.31. The van der Waals surface area contributed by atoms with E-state index in [0.29, 0.717) is 39.7 Å². The summed E-state index contributed by atoms with van der Waals surface area (Å²) in [6, 6.07) is 20.0. The topological polar surface area (TPSA) is 138 Å². The summed E-state index contributed by atoms with van der Waals surface area (Å²) in [6.45, 7) is 0.314. The van der Waals surface area contributed by atoms with Gasteiger partial charge in [0, 0.05) is 40.0 Å². The molecule has 4 aromatic rings. The minimum absolute atomic E-state index is 0.0499. The Morgan fingerprint density at radius 3 is 2.54 bits per heavy atom. The second-order valence-corrected chi connectivity index (χ2v) is 9.25. The first-order chi connectivity index (χ1) is 19.0. The maximum Gasteiger partial charge on any atom is 0.264 e. The number of nitrogen functional groups attached to an aromatic ring is 1. The van der Waals surface area contributed by atoms with Gasteiger partial charge in [-0.3, -0.25) is 4.79 Å². The molecule has 0 aliphatic rings. The zero-order valence-electron chi connectivity index (χ0n) is 21.1. The lowest BCUT2D eigenvalue weighted by atomic mass is 10.2. The number of ether oxygens (including phenoxy) is 3. The van der Waals surface area contributed by atoms with Gasteiger partial charge in [0.2, 0.25) is 11.1 Å². The van der Waals surface area contributed by atoms with Crippen LogP contribution in [-0.4, -0.2) is 47.0 Å². The summed E-state index contributed by atoms with van der Waals surface area (Å²) >= 11 is 7.34. The summed E-state index contributed by atoms with van der Waals surface area (Å²) in [6.07, 6.45) is 1.58. The Bertz CT molecular complexity index is 1440. The second-order valence-electron chi connectivity index (χ2n) is 7.90. The number of aromatic nitrogens is 3. The minimum atomic E-state index is -0.265. The van der Waals surface area contributed by atoms with Gasteiger partial charge in [-0.15, -0.1) is 10.2 Å². The molecule has 0 saturated heterocycles. The number of amides is 1. The van der Waals surface area contributed by atoms with Crippen LogP contribution in [0.4, 0.5) is 11.6 Å². The Hall–Kier alpha value is -4.42. The molecular weight excluding hydrogens is 542 g/mol. The first-order valence-corrected chi connectivity index (χ1v) is 12.9. The molecule has 3 aromatic carbocycles. The highest BCUT2D eigenvalue weighted by atomic mass is 35.5. The van der Waals surface area contributed by atoms with E-state index in [1.165, 1.54) is 18.9 Å². The average Bonchev–Trinajstić information content (AvgIpc) is 3.30. The summed E-state index contributed by atoms with van der Waals surface area (Å²) in [4.78, 5) is 12.5. The van der Waals surface area contributed by atoms with E-state index in [1.807, 2.05) is 48.5 Å². The van der Waals surface area contributed by atoms with Crippen LogP contribution in [0.15, 0.2) is 77.0 Å². The van der Waals surface area contributed by atoms with Gasteiger partial charge in [0.05, 0.1) is 26.2 Å². The highest BCUT2D eigenvalue weighted by molar-refractivity contribution is 7.99. The molecule has 202 valence electrons. The number of nitrogens with two attached hydrogens (primary N) is 1. The van der Waals surface area contributed by atoms with Gasteiger partial charge in [0.15, 0.2) is 0 Å². The lowest BCUT2D eigenvalue weighted by Gasteiger charge is -2.10. The van der Waals surface area contributed by atoms with Crippen molar-refractivity contribution in [1.29, 1.82) is 0 Å². The van der Waals surface area contributed by atoms with Gasteiger partial charge in [0.1, 0.15) is 23.9 Å². The van der Waals surface area contributed by atoms with Crippen LogP contribution in [0.5, 0.6) is 17.2 Å². The number of nitrogens with zero attached hydrogens (tertiary/aromatic N) is 4. The summed E-state index contributed by atoms with van der Waals surface area (Å²) in [5.74, 6) is 7.82. The molecule has 0 aliphatic heterocycles. The van der Waals surface area contributed by atoms with Crippen LogP contribution in [0.2, 0.25) is 5.02 Å². The minimum Gasteiger partial charge on any atom is -0.497 e. The third kappa shape index (κ3) is 7.55. The third-order valence-electron chi connectivity index (χ3n) is 5.26. The van der Waals surface area contributed by atoms with Crippen molar-refractivity contribution in [3.05, 3.63) is 82.9 Å². The van der Waals surface area contributed by atoms with E-state index in [0.717, 1.165) is 22.9 Å². The van der Waals surface area contributed by atoms with E-state index in [1.54, 1.807) is 24.4 Å². The van der Waals surface area contributed by atoms with Crippen LogP contribution < -0.4 is 30.8 Å². The van der Waals surface area contributed by atoms with Crippen molar-refractivity contribution < 1.29 is 19.0 Å². The number of rotatable bonds is 12. The van der Waals surface area contributed by atoms with Crippen molar-refractivity contribution >= 4 is 47.1 Å². The van der Waals surface area contributed by atoms with Gasteiger partial charge >= 0.3 is 0 Å². The van der Waals surface area contributed by atoms with E-state index in [2.05, 4.69) is 26.0 Å². The summed E-state index contributed by atoms with van der Waals surface area (Å²) in [7, 11) is 3.07.